The summed E-state index contributed by atoms with van der Waals surface area (Å²) in [5.74, 6) is -0.597. The average Bonchev–Trinajstić information content (AvgIpc) is 3.08. The molecule has 1 aliphatic carbocycles. The van der Waals surface area contributed by atoms with Crippen LogP contribution in [-0.4, -0.2) is 41.0 Å². The van der Waals surface area contributed by atoms with Gasteiger partial charge in [0.1, 0.15) is 0 Å². The van der Waals surface area contributed by atoms with E-state index in [2.05, 4.69) is 5.32 Å². The number of hydrogen-bond acceptors (Lipinski definition) is 3. The van der Waals surface area contributed by atoms with Crippen molar-refractivity contribution in [3.8, 4) is 0 Å². The van der Waals surface area contributed by atoms with Gasteiger partial charge in [-0.1, -0.05) is 12.5 Å². The van der Waals surface area contributed by atoms with Crippen molar-refractivity contribution in [3.63, 3.8) is 0 Å². The molecule has 0 aromatic heterocycles. The predicted molar refractivity (Wildman–Crippen MR) is 100 cm³/mol. The van der Waals surface area contributed by atoms with Gasteiger partial charge in [0.25, 0.3) is 0 Å². The third kappa shape index (κ3) is 3.53. The zero-order valence-corrected chi connectivity index (χ0v) is 15.9. The van der Waals surface area contributed by atoms with Gasteiger partial charge in [-0.2, -0.15) is 0 Å². The van der Waals surface area contributed by atoms with Gasteiger partial charge < -0.3 is 10.4 Å². The minimum Gasteiger partial charge on any atom is -0.481 e. The van der Waals surface area contributed by atoms with E-state index in [-0.39, 0.29) is 30.3 Å². The average molecular weight is 367 g/mol. The summed E-state index contributed by atoms with van der Waals surface area (Å²) in [6.07, 6.45) is 2.66. The first-order valence-electron chi connectivity index (χ1n) is 8.69. The molecule has 3 atom stereocenters. The van der Waals surface area contributed by atoms with Crippen molar-refractivity contribution in [2.75, 3.05) is 18.4 Å². The topological polar surface area (TPSA) is 69.6 Å². The number of nitrogens with one attached hydrogen (secondary N) is 1. The largest absolute Gasteiger partial charge is 0.481 e. The number of carboxylic acid groups (broad SMARTS) is 1. The number of halogens is 1. The van der Waals surface area contributed by atoms with E-state index in [0.29, 0.717) is 13.1 Å². The lowest BCUT2D eigenvalue weighted by molar-refractivity contribution is -0.149. The van der Waals surface area contributed by atoms with Gasteiger partial charge >= 0.3 is 5.97 Å². The van der Waals surface area contributed by atoms with E-state index in [1.807, 2.05) is 43.9 Å². The zero-order valence-electron chi connectivity index (χ0n) is 15.0. The predicted octanol–water partition coefficient (Wildman–Crippen LogP) is 3.24. The van der Waals surface area contributed by atoms with Crippen molar-refractivity contribution in [3.05, 3.63) is 29.3 Å². The fourth-order valence-corrected chi connectivity index (χ4v) is 4.20. The number of amides is 1. The van der Waals surface area contributed by atoms with E-state index >= 15 is 0 Å². The van der Waals surface area contributed by atoms with E-state index in [1.54, 1.807) is 0 Å². The van der Waals surface area contributed by atoms with Gasteiger partial charge in [0.2, 0.25) is 5.91 Å². The number of aliphatic carboxylic acids is 1. The fraction of sp³-hybridized carbons (Fsp3) is 0.579. The van der Waals surface area contributed by atoms with Crippen LogP contribution in [0.15, 0.2) is 18.2 Å². The van der Waals surface area contributed by atoms with Gasteiger partial charge in [0.05, 0.1) is 11.5 Å². The highest BCUT2D eigenvalue weighted by atomic mass is 35.5. The number of carbonyl (C=O) groups is 2. The van der Waals surface area contributed by atoms with Crippen LogP contribution in [0.1, 0.15) is 37.3 Å². The highest BCUT2D eigenvalue weighted by molar-refractivity contribution is 5.94. The maximum Gasteiger partial charge on any atom is 0.311 e. The molecular weight excluding hydrogens is 340 g/mol. The lowest BCUT2D eigenvalue weighted by atomic mass is 9.81. The second kappa shape index (κ2) is 7.34. The molecule has 1 aromatic rings. The van der Waals surface area contributed by atoms with Gasteiger partial charge in [-0.15, -0.1) is 12.4 Å². The number of likely N-dealkylation sites (tertiary alicyclic amines) is 1. The van der Waals surface area contributed by atoms with E-state index in [4.69, 9.17) is 0 Å². The maximum absolute atomic E-state index is 12.6. The number of carboxylic acids is 1. The standard InChI is InChI=1S/C19H26N2O3.ClH/c1-12-6-7-16(9-13(12)2)20-17(22)14(3)21-10-15-5-4-8-19(15,11-21)18(23)24;/h6-7,9,14-15H,4-5,8,10-11H2,1-3H3,(H,20,22)(H,23,24);1H/t14?,15-,19+;/m0./s1. The number of rotatable bonds is 4. The Hall–Kier alpha value is -1.59. The molecule has 0 spiro atoms. The molecule has 0 radical (unpaired) electrons. The van der Waals surface area contributed by atoms with Gasteiger partial charge in [-0.25, -0.2) is 0 Å². The van der Waals surface area contributed by atoms with Gasteiger partial charge in [-0.3, -0.25) is 14.5 Å². The molecule has 1 saturated heterocycles. The summed E-state index contributed by atoms with van der Waals surface area (Å²) in [5, 5.41) is 12.6. The number of benzene rings is 1. The molecule has 1 aliphatic heterocycles. The molecule has 0 bridgehead atoms. The van der Waals surface area contributed by atoms with E-state index in [0.717, 1.165) is 30.5 Å². The Balaban J connectivity index is 0.00000225. The van der Waals surface area contributed by atoms with Crippen molar-refractivity contribution in [2.45, 2.75) is 46.1 Å². The Kier molecular flexibility index (Phi) is 5.79. The maximum atomic E-state index is 12.6. The van der Waals surface area contributed by atoms with Crippen LogP contribution < -0.4 is 5.32 Å². The molecule has 25 heavy (non-hydrogen) atoms. The highest BCUT2D eigenvalue weighted by Gasteiger charge is 2.55. The van der Waals surface area contributed by atoms with E-state index in [1.165, 1.54) is 5.56 Å². The van der Waals surface area contributed by atoms with Crippen LogP contribution in [0.2, 0.25) is 0 Å². The zero-order chi connectivity index (χ0) is 17.5. The number of hydrogen-bond donors (Lipinski definition) is 2. The molecule has 2 fully saturated rings. The number of fused-ring (bicyclic) bond motifs is 1. The van der Waals surface area contributed by atoms with Crippen molar-refractivity contribution < 1.29 is 14.7 Å². The normalized spacial score (nSPS) is 26.6. The summed E-state index contributed by atoms with van der Waals surface area (Å²) >= 11 is 0. The molecule has 2 aliphatic rings. The van der Waals surface area contributed by atoms with Crippen LogP contribution in [-0.2, 0) is 9.59 Å². The molecule has 2 N–H and O–H groups in total. The summed E-state index contributed by atoms with van der Waals surface area (Å²) in [7, 11) is 0. The minimum atomic E-state index is -0.700. The molecule has 5 nitrogen and oxygen atoms in total. The molecule has 138 valence electrons. The lowest BCUT2D eigenvalue weighted by Gasteiger charge is -2.26. The summed E-state index contributed by atoms with van der Waals surface area (Å²) in [4.78, 5) is 26.4. The van der Waals surface area contributed by atoms with Crippen molar-refractivity contribution in [1.29, 1.82) is 0 Å². The fourth-order valence-electron chi connectivity index (χ4n) is 4.20. The number of anilines is 1. The second-order valence-electron chi connectivity index (χ2n) is 7.44. The summed E-state index contributed by atoms with van der Waals surface area (Å²) in [6.45, 7) is 7.11. The van der Waals surface area contributed by atoms with E-state index in [9.17, 15) is 14.7 Å². The first-order valence-corrected chi connectivity index (χ1v) is 8.69. The SMILES string of the molecule is Cc1ccc(NC(=O)C(C)N2C[C@@H]3CCC[C@@]3(C(=O)O)C2)cc1C.Cl. The van der Waals surface area contributed by atoms with Crippen LogP contribution in [0.5, 0.6) is 0 Å². The van der Waals surface area contributed by atoms with Crippen LogP contribution >= 0.6 is 12.4 Å². The first-order chi connectivity index (χ1) is 11.3. The highest BCUT2D eigenvalue weighted by Crippen LogP contribution is 2.49. The molecule has 1 unspecified atom stereocenters. The van der Waals surface area contributed by atoms with Gasteiger partial charge in [0.15, 0.2) is 0 Å². The Bertz CT molecular complexity index is 679. The number of carbonyl (C=O) groups excluding carboxylic acids is 1. The monoisotopic (exact) mass is 366 g/mol. The molecule has 6 heteroatoms. The van der Waals surface area contributed by atoms with Crippen LogP contribution in [0, 0.1) is 25.2 Å². The number of aryl methyl sites for hydroxylation is 2. The summed E-state index contributed by atoms with van der Waals surface area (Å²) in [5.41, 5.74) is 2.48. The van der Waals surface area contributed by atoms with Crippen molar-refractivity contribution in [1.82, 2.24) is 4.90 Å². The lowest BCUT2D eigenvalue weighted by Crippen LogP contribution is -2.43. The quantitative estimate of drug-likeness (QED) is 0.858. The Morgan fingerprint density at radius 2 is 2.04 bits per heavy atom. The summed E-state index contributed by atoms with van der Waals surface area (Å²) < 4.78 is 0. The molecule has 3 rings (SSSR count). The third-order valence-electron chi connectivity index (χ3n) is 6.02. The molecule has 1 aromatic carbocycles. The Morgan fingerprint density at radius 1 is 1.32 bits per heavy atom. The van der Waals surface area contributed by atoms with E-state index < -0.39 is 11.4 Å². The van der Waals surface area contributed by atoms with Gasteiger partial charge in [-0.05, 0) is 62.8 Å². The third-order valence-corrected chi connectivity index (χ3v) is 6.02. The molecule has 1 heterocycles. The molecule has 1 saturated carbocycles. The van der Waals surface area contributed by atoms with Crippen molar-refractivity contribution in [2.24, 2.45) is 11.3 Å². The van der Waals surface area contributed by atoms with Crippen molar-refractivity contribution >= 4 is 30.0 Å². The smallest absolute Gasteiger partial charge is 0.311 e. The second-order valence-corrected chi connectivity index (χ2v) is 7.44. The number of nitrogens with zero attached hydrogens (tertiary/aromatic N) is 1. The summed E-state index contributed by atoms with van der Waals surface area (Å²) in [6, 6.07) is 5.55. The van der Waals surface area contributed by atoms with Gasteiger partial charge in [0, 0.05) is 18.8 Å². The minimum absolute atomic E-state index is 0. The van der Waals surface area contributed by atoms with Crippen LogP contribution in [0.4, 0.5) is 5.69 Å². The molecular formula is C19H27ClN2O3. The Morgan fingerprint density at radius 3 is 2.64 bits per heavy atom. The first kappa shape index (κ1) is 19.7. The molecule has 1 amide bonds. The Labute approximate surface area is 155 Å². The van der Waals surface area contributed by atoms with Crippen LogP contribution in [0.25, 0.3) is 0 Å². The van der Waals surface area contributed by atoms with Crippen LogP contribution in [0.3, 0.4) is 0 Å².